The van der Waals surface area contributed by atoms with Gasteiger partial charge in [-0.15, -0.1) is 10.2 Å². The second-order valence-electron chi connectivity index (χ2n) is 6.30. The van der Waals surface area contributed by atoms with Crippen LogP contribution in [0.25, 0.3) is 0 Å². The Labute approximate surface area is 168 Å². The van der Waals surface area contributed by atoms with E-state index in [4.69, 9.17) is 15.6 Å². The molecule has 10 nitrogen and oxygen atoms in total. The van der Waals surface area contributed by atoms with Gasteiger partial charge in [-0.2, -0.15) is 13.2 Å². The highest BCUT2D eigenvalue weighted by molar-refractivity contribution is 8.01. The van der Waals surface area contributed by atoms with Crippen molar-refractivity contribution in [2.24, 2.45) is 5.92 Å². The van der Waals surface area contributed by atoms with Gasteiger partial charge in [0.2, 0.25) is 11.0 Å². The lowest BCUT2D eigenvalue weighted by Crippen LogP contribution is -2.68. The molecule has 3 aliphatic rings. The smallest absolute Gasteiger partial charge is 0.477 e. The molecule has 0 aliphatic carbocycles. The van der Waals surface area contributed by atoms with E-state index in [0.717, 1.165) is 12.1 Å². The number of hydrogen-bond acceptors (Lipinski definition) is 9. The standard InChI is InChI=1S/C12H13N5O3S2.C2HF3O2/c13-11-15-16-12(22-11)21-3-5-1-4-2-14-6-7(4)17(9(6)18)8(5)10(19)20;3-2(4,5)1(6)7/h4,6-7,14H,1-3H2,(H2,13,15)(H,19,20);(H,6,7)/t4-,6+,7-;/m1./s1. The number of carbonyl (C=O) groups is 3. The third kappa shape index (κ3) is 4.16. The monoisotopic (exact) mass is 453 g/mol. The van der Waals surface area contributed by atoms with Crippen molar-refractivity contribution in [3.8, 4) is 0 Å². The first-order chi connectivity index (χ1) is 13.5. The summed E-state index contributed by atoms with van der Waals surface area (Å²) < 4.78 is 32.4. The summed E-state index contributed by atoms with van der Waals surface area (Å²) in [7, 11) is 0. The third-order valence-electron chi connectivity index (χ3n) is 4.55. The highest BCUT2D eigenvalue weighted by atomic mass is 32.2. The summed E-state index contributed by atoms with van der Waals surface area (Å²) in [6.45, 7) is 0.754. The van der Waals surface area contributed by atoms with Crippen LogP contribution in [0, 0.1) is 5.92 Å². The minimum atomic E-state index is -5.08. The zero-order valence-electron chi connectivity index (χ0n) is 14.3. The number of β-lactam (4-membered cyclic amide) rings is 1. The topological polar surface area (TPSA) is 159 Å². The quantitative estimate of drug-likeness (QED) is 0.371. The summed E-state index contributed by atoms with van der Waals surface area (Å²) in [6, 6.07) is -0.193. The van der Waals surface area contributed by atoms with Gasteiger partial charge in [-0.05, 0) is 17.9 Å². The van der Waals surface area contributed by atoms with Gasteiger partial charge in [0.1, 0.15) is 11.7 Å². The largest absolute Gasteiger partial charge is 0.490 e. The Morgan fingerprint density at radius 2 is 2.00 bits per heavy atom. The summed E-state index contributed by atoms with van der Waals surface area (Å²) >= 11 is 2.68. The molecule has 5 N–H and O–H groups in total. The molecular weight excluding hydrogens is 439 g/mol. The number of anilines is 1. The lowest BCUT2D eigenvalue weighted by molar-refractivity contribution is -0.192. The molecule has 2 saturated heterocycles. The number of alkyl halides is 3. The van der Waals surface area contributed by atoms with Crippen LogP contribution in [-0.2, 0) is 14.4 Å². The van der Waals surface area contributed by atoms with Crippen LogP contribution in [0.5, 0.6) is 0 Å². The molecule has 29 heavy (non-hydrogen) atoms. The number of nitrogens with zero attached hydrogens (tertiary/aromatic N) is 3. The van der Waals surface area contributed by atoms with Crippen LogP contribution in [0.15, 0.2) is 15.6 Å². The molecule has 1 amide bonds. The van der Waals surface area contributed by atoms with Gasteiger partial charge < -0.3 is 21.3 Å². The maximum atomic E-state index is 12.1. The van der Waals surface area contributed by atoms with Gasteiger partial charge in [-0.3, -0.25) is 9.69 Å². The molecule has 0 spiro atoms. The third-order valence-corrected chi connectivity index (χ3v) is 6.52. The first-order valence-corrected chi connectivity index (χ1v) is 9.84. The van der Waals surface area contributed by atoms with Crippen molar-refractivity contribution in [2.75, 3.05) is 18.0 Å². The fraction of sp³-hybridized carbons (Fsp3) is 0.500. The van der Waals surface area contributed by atoms with Crippen molar-refractivity contribution in [3.05, 3.63) is 11.3 Å². The first kappa shape index (κ1) is 21.3. The molecule has 158 valence electrons. The predicted molar refractivity (Wildman–Crippen MR) is 93.9 cm³/mol. The van der Waals surface area contributed by atoms with Gasteiger partial charge in [0, 0.05) is 12.3 Å². The van der Waals surface area contributed by atoms with Gasteiger partial charge in [-0.25, -0.2) is 9.59 Å². The van der Waals surface area contributed by atoms with Crippen molar-refractivity contribution in [1.29, 1.82) is 0 Å². The van der Waals surface area contributed by atoms with Gasteiger partial charge in [0.25, 0.3) is 0 Å². The number of carbonyl (C=O) groups excluding carboxylic acids is 1. The molecule has 15 heteroatoms. The van der Waals surface area contributed by atoms with Crippen molar-refractivity contribution in [3.63, 3.8) is 0 Å². The highest BCUT2D eigenvalue weighted by Gasteiger charge is 2.59. The molecule has 1 aromatic heterocycles. The van der Waals surface area contributed by atoms with E-state index in [9.17, 15) is 27.9 Å². The minimum Gasteiger partial charge on any atom is -0.477 e. The fourth-order valence-corrected chi connectivity index (χ4v) is 5.11. The summed E-state index contributed by atoms with van der Waals surface area (Å²) in [4.78, 5) is 34.1. The fourth-order valence-electron chi connectivity index (χ4n) is 3.44. The highest BCUT2D eigenvalue weighted by Crippen LogP contribution is 2.44. The number of nitrogens with one attached hydrogen (secondary N) is 1. The normalized spacial score (nSPS) is 25.1. The van der Waals surface area contributed by atoms with Crippen LogP contribution >= 0.6 is 23.1 Å². The van der Waals surface area contributed by atoms with Gasteiger partial charge in [-0.1, -0.05) is 23.1 Å². The number of amides is 1. The zero-order chi connectivity index (χ0) is 21.5. The van der Waals surface area contributed by atoms with E-state index in [-0.39, 0.29) is 23.7 Å². The Hall–Kier alpha value is -2.39. The van der Waals surface area contributed by atoms with E-state index in [1.165, 1.54) is 28.0 Å². The van der Waals surface area contributed by atoms with E-state index in [0.29, 0.717) is 27.6 Å². The molecule has 1 aromatic rings. The maximum absolute atomic E-state index is 12.1. The molecule has 0 unspecified atom stereocenters. The number of rotatable bonds is 4. The lowest BCUT2D eigenvalue weighted by atomic mass is 9.80. The number of nitrogens with two attached hydrogens (primary N) is 1. The molecule has 3 aliphatic heterocycles. The zero-order valence-corrected chi connectivity index (χ0v) is 16.0. The average molecular weight is 453 g/mol. The van der Waals surface area contributed by atoms with E-state index in [2.05, 4.69) is 15.5 Å². The maximum Gasteiger partial charge on any atom is 0.490 e. The van der Waals surface area contributed by atoms with E-state index >= 15 is 0 Å². The summed E-state index contributed by atoms with van der Waals surface area (Å²) in [5.74, 6) is -3.15. The molecular formula is C14H14F3N5O5S2. The molecule has 0 radical (unpaired) electrons. The van der Waals surface area contributed by atoms with E-state index in [1.807, 2.05) is 0 Å². The SMILES string of the molecule is Nc1nnc(SCC2=C(C(=O)O)N3C(=O)[C@H]4NC[C@@H](C2)[C@H]43)s1.O=C(O)C(F)(F)F. The van der Waals surface area contributed by atoms with Gasteiger partial charge in [0.15, 0.2) is 4.34 Å². The number of carboxylic acids is 2. The van der Waals surface area contributed by atoms with Crippen LogP contribution in [0.1, 0.15) is 6.42 Å². The average Bonchev–Trinajstić information content (AvgIpc) is 3.22. The Bertz CT molecular complexity index is 889. The second-order valence-corrected chi connectivity index (χ2v) is 8.54. The number of carboxylic acid groups (broad SMARTS) is 2. The van der Waals surface area contributed by atoms with Crippen LogP contribution in [0.2, 0.25) is 0 Å². The van der Waals surface area contributed by atoms with Crippen molar-refractivity contribution >= 4 is 46.1 Å². The molecule has 0 bridgehead atoms. The van der Waals surface area contributed by atoms with Crippen molar-refractivity contribution in [1.82, 2.24) is 20.4 Å². The second kappa shape index (κ2) is 7.79. The number of nitrogen functional groups attached to an aromatic ring is 1. The molecule has 0 saturated carbocycles. The molecule has 2 fully saturated rings. The number of aliphatic carboxylic acids is 2. The Morgan fingerprint density at radius 3 is 2.52 bits per heavy atom. The molecule has 4 rings (SSSR count). The Kier molecular flexibility index (Phi) is 5.73. The summed E-state index contributed by atoms with van der Waals surface area (Å²) in [5.41, 5.74) is 6.47. The van der Waals surface area contributed by atoms with Gasteiger partial charge in [0.05, 0.1) is 6.04 Å². The van der Waals surface area contributed by atoms with Crippen molar-refractivity contribution < 1.29 is 37.8 Å². The first-order valence-electron chi connectivity index (χ1n) is 8.04. The molecule has 3 atom stereocenters. The number of hydrogen-bond donors (Lipinski definition) is 4. The number of aromatic nitrogens is 2. The molecule has 0 aromatic carbocycles. The number of thioether (sulfide) groups is 1. The van der Waals surface area contributed by atoms with Crippen LogP contribution in [-0.4, -0.2) is 73.7 Å². The van der Waals surface area contributed by atoms with Gasteiger partial charge >= 0.3 is 18.1 Å². The summed E-state index contributed by atoms with van der Waals surface area (Å²) in [6.07, 6.45) is -4.39. The van der Waals surface area contributed by atoms with Crippen molar-refractivity contribution in [2.45, 2.75) is 29.0 Å². The van der Waals surface area contributed by atoms with E-state index in [1.54, 1.807) is 0 Å². The van der Waals surface area contributed by atoms with E-state index < -0.39 is 18.1 Å². The predicted octanol–water partition coefficient (Wildman–Crippen LogP) is 0.387. The number of halogens is 3. The Morgan fingerprint density at radius 1 is 1.34 bits per heavy atom. The minimum absolute atomic E-state index is 0.00419. The van der Waals surface area contributed by atoms with Crippen LogP contribution in [0.4, 0.5) is 18.3 Å². The summed E-state index contributed by atoms with van der Waals surface area (Å²) in [5, 5.41) is 27.9. The van der Waals surface area contributed by atoms with Crippen LogP contribution < -0.4 is 11.1 Å². The lowest BCUT2D eigenvalue weighted by Gasteiger charge is -2.48. The van der Waals surface area contributed by atoms with Crippen LogP contribution in [0.3, 0.4) is 0 Å². The molecule has 4 heterocycles. The Balaban J connectivity index is 0.000000298.